The SMILES string of the molecule is O=C(NCc1ccccc1Cl)[C@@H]1CCCN(Cc2nc3ccccc3n2Cc2ccc(Cl)cc2)C1. The minimum atomic E-state index is -0.0414. The van der Waals surface area contributed by atoms with Gasteiger partial charge in [-0.25, -0.2) is 4.98 Å². The van der Waals surface area contributed by atoms with E-state index in [1.54, 1.807) is 0 Å². The lowest BCUT2D eigenvalue weighted by atomic mass is 9.97. The summed E-state index contributed by atoms with van der Waals surface area (Å²) in [5.41, 5.74) is 4.21. The number of hydrogen-bond donors (Lipinski definition) is 1. The molecular formula is C28H28Cl2N4O. The van der Waals surface area contributed by atoms with Gasteiger partial charge in [0.2, 0.25) is 5.91 Å². The summed E-state index contributed by atoms with van der Waals surface area (Å²) >= 11 is 12.3. The van der Waals surface area contributed by atoms with Crippen molar-refractivity contribution >= 4 is 40.1 Å². The van der Waals surface area contributed by atoms with Gasteiger partial charge in [-0.15, -0.1) is 0 Å². The van der Waals surface area contributed by atoms with Gasteiger partial charge >= 0.3 is 0 Å². The van der Waals surface area contributed by atoms with Gasteiger partial charge < -0.3 is 9.88 Å². The monoisotopic (exact) mass is 506 g/mol. The molecule has 1 saturated heterocycles. The molecule has 0 aliphatic carbocycles. The van der Waals surface area contributed by atoms with Crippen LogP contribution < -0.4 is 5.32 Å². The Bertz CT molecular complexity index is 1320. The van der Waals surface area contributed by atoms with E-state index >= 15 is 0 Å². The maximum Gasteiger partial charge on any atom is 0.224 e. The van der Waals surface area contributed by atoms with Gasteiger partial charge in [-0.2, -0.15) is 0 Å². The minimum Gasteiger partial charge on any atom is -0.352 e. The Balaban J connectivity index is 1.29. The van der Waals surface area contributed by atoms with Gasteiger partial charge in [0.15, 0.2) is 0 Å². The maximum atomic E-state index is 12.9. The average molecular weight is 507 g/mol. The molecule has 7 heteroatoms. The van der Waals surface area contributed by atoms with Crippen LogP contribution in [0.4, 0.5) is 0 Å². The van der Waals surface area contributed by atoms with E-state index in [1.807, 2.05) is 48.5 Å². The highest BCUT2D eigenvalue weighted by molar-refractivity contribution is 6.31. The zero-order valence-electron chi connectivity index (χ0n) is 19.5. The third-order valence-corrected chi connectivity index (χ3v) is 7.26. The predicted molar refractivity (Wildman–Crippen MR) is 142 cm³/mol. The number of aromatic nitrogens is 2. The lowest BCUT2D eigenvalue weighted by Crippen LogP contribution is -2.42. The number of piperidine rings is 1. The van der Waals surface area contributed by atoms with Crippen molar-refractivity contribution in [3.05, 3.63) is 99.8 Å². The zero-order chi connectivity index (χ0) is 24.2. The highest BCUT2D eigenvalue weighted by atomic mass is 35.5. The molecule has 1 aromatic heterocycles. The van der Waals surface area contributed by atoms with Crippen molar-refractivity contribution < 1.29 is 4.79 Å². The van der Waals surface area contributed by atoms with Crippen LogP contribution in [0.25, 0.3) is 11.0 Å². The summed E-state index contributed by atoms with van der Waals surface area (Å²) in [5.74, 6) is 1.06. The van der Waals surface area contributed by atoms with E-state index in [9.17, 15) is 4.79 Å². The summed E-state index contributed by atoms with van der Waals surface area (Å²) in [6, 6.07) is 23.8. The Labute approximate surface area is 215 Å². The number of halogens is 2. The third kappa shape index (κ3) is 5.69. The normalized spacial score (nSPS) is 16.5. The number of hydrogen-bond acceptors (Lipinski definition) is 3. The predicted octanol–water partition coefficient (Wildman–Crippen LogP) is 5.92. The Kier molecular flexibility index (Phi) is 7.37. The van der Waals surface area contributed by atoms with Gasteiger partial charge in [-0.1, -0.05) is 65.7 Å². The fourth-order valence-corrected chi connectivity index (χ4v) is 5.11. The van der Waals surface area contributed by atoms with Gasteiger partial charge in [0.05, 0.1) is 23.5 Å². The standard InChI is InChI=1S/C28H28Cl2N4O/c29-23-13-11-20(12-14-23)17-34-26-10-4-3-9-25(26)32-27(34)19-33-15-5-7-22(18-33)28(35)31-16-21-6-1-2-8-24(21)30/h1-4,6,8-14,22H,5,7,15-19H2,(H,31,35)/t22-/m1/s1. The summed E-state index contributed by atoms with van der Waals surface area (Å²) < 4.78 is 2.28. The highest BCUT2D eigenvalue weighted by Crippen LogP contribution is 2.23. The number of fused-ring (bicyclic) bond motifs is 1. The van der Waals surface area contributed by atoms with E-state index in [2.05, 4.69) is 39.0 Å². The van der Waals surface area contributed by atoms with Crippen molar-refractivity contribution in [3.63, 3.8) is 0 Å². The topological polar surface area (TPSA) is 50.2 Å². The number of nitrogens with zero attached hydrogens (tertiary/aromatic N) is 3. The zero-order valence-corrected chi connectivity index (χ0v) is 21.0. The summed E-state index contributed by atoms with van der Waals surface area (Å²) in [4.78, 5) is 20.3. The molecule has 5 nitrogen and oxygen atoms in total. The van der Waals surface area contributed by atoms with Crippen LogP contribution in [-0.4, -0.2) is 33.4 Å². The van der Waals surface area contributed by atoms with Crippen LogP contribution in [0.1, 0.15) is 29.8 Å². The molecule has 0 bridgehead atoms. The number of rotatable bonds is 7. The van der Waals surface area contributed by atoms with Gasteiger partial charge in [0.25, 0.3) is 0 Å². The van der Waals surface area contributed by atoms with Gasteiger partial charge in [0.1, 0.15) is 5.82 Å². The molecule has 2 heterocycles. The molecule has 180 valence electrons. The number of likely N-dealkylation sites (tertiary alicyclic amines) is 1. The molecule has 4 aromatic rings. The number of nitrogens with one attached hydrogen (secondary N) is 1. The molecule has 35 heavy (non-hydrogen) atoms. The van der Waals surface area contributed by atoms with Crippen LogP contribution in [0.2, 0.25) is 10.0 Å². The highest BCUT2D eigenvalue weighted by Gasteiger charge is 2.27. The largest absolute Gasteiger partial charge is 0.352 e. The molecule has 0 saturated carbocycles. The van der Waals surface area contributed by atoms with E-state index in [-0.39, 0.29) is 11.8 Å². The number of carbonyl (C=O) groups is 1. The van der Waals surface area contributed by atoms with Gasteiger partial charge in [-0.3, -0.25) is 9.69 Å². The van der Waals surface area contributed by atoms with Gasteiger partial charge in [-0.05, 0) is 60.8 Å². The van der Waals surface area contributed by atoms with E-state index in [0.717, 1.165) is 59.9 Å². The molecule has 1 N–H and O–H groups in total. The van der Waals surface area contributed by atoms with E-state index in [1.165, 1.54) is 5.56 Å². The Morgan fingerprint density at radius 2 is 1.74 bits per heavy atom. The van der Waals surface area contributed by atoms with E-state index in [0.29, 0.717) is 18.1 Å². The molecule has 1 aliphatic heterocycles. The van der Waals surface area contributed by atoms with Crippen molar-refractivity contribution in [2.75, 3.05) is 13.1 Å². The van der Waals surface area contributed by atoms with Crippen LogP contribution >= 0.6 is 23.2 Å². The molecule has 0 unspecified atom stereocenters. The molecule has 1 aliphatic rings. The molecule has 1 amide bonds. The number of imidazole rings is 1. The summed E-state index contributed by atoms with van der Waals surface area (Å²) in [5, 5.41) is 4.49. The number of para-hydroxylation sites is 2. The lowest BCUT2D eigenvalue weighted by molar-refractivity contribution is -0.127. The van der Waals surface area contributed by atoms with Crippen molar-refractivity contribution in [1.29, 1.82) is 0 Å². The molecule has 0 spiro atoms. The average Bonchev–Trinajstić information content (AvgIpc) is 3.21. The van der Waals surface area contributed by atoms with Crippen LogP contribution in [0.15, 0.2) is 72.8 Å². The molecule has 1 atom stereocenters. The maximum absolute atomic E-state index is 12.9. The Morgan fingerprint density at radius 3 is 2.57 bits per heavy atom. The lowest BCUT2D eigenvalue weighted by Gasteiger charge is -2.31. The summed E-state index contributed by atoms with van der Waals surface area (Å²) in [7, 11) is 0. The third-order valence-electron chi connectivity index (χ3n) is 6.64. The van der Waals surface area contributed by atoms with E-state index < -0.39 is 0 Å². The van der Waals surface area contributed by atoms with Crippen LogP contribution in [0, 0.1) is 5.92 Å². The molecule has 1 fully saturated rings. The Morgan fingerprint density at radius 1 is 0.971 bits per heavy atom. The second-order valence-electron chi connectivity index (χ2n) is 9.11. The fourth-order valence-electron chi connectivity index (χ4n) is 4.78. The summed E-state index contributed by atoms with van der Waals surface area (Å²) in [6.07, 6.45) is 1.88. The fraction of sp³-hybridized carbons (Fsp3) is 0.286. The molecule has 3 aromatic carbocycles. The number of benzene rings is 3. The summed E-state index contributed by atoms with van der Waals surface area (Å²) in [6.45, 7) is 3.56. The smallest absolute Gasteiger partial charge is 0.224 e. The number of amides is 1. The first-order valence-electron chi connectivity index (χ1n) is 12.0. The first-order chi connectivity index (χ1) is 17.1. The first kappa shape index (κ1) is 23.9. The quantitative estimate of drug-likeness (QED) is 0.338. The van der Waals surface area contributed by atoms with E-state index in [4.69, 9.17) is 28.2 Å². The van der Waals surface area contributed by atoms with Crippen molar-refractivity contribution in [1.82, 2.24) is 19.8 Å². The number of carbonyl (C=O) groups excluding carboxylic acids is 1. The molecule has 0 radical (unpaired) electrons. The van der Waals surface area contributed by atoms with Crippen LogP contribution in [-0.2, 0) is 24.4 Å². The minimum absolute atomic E-state index is 0.0414. The second kappa shape index (κ2) is 10.8. The van der Waals surface area contributed by atoms with Crippen LogP contribution in [0.3, 0.4) is 0 Å². The molecular weight excluding hydrogens is 479 g/mol. The van der Waals surface area contributed by atoms with Crippen molar-refractivity contribution in [2.24, 2.45) is 5.92 Å². The van der Waals surface area contributed by atoms with Crippen LogP contribution in [0.5, 0.6) is 0 Å². The van der Waals surface area contributed by atoms with Gasteiger partial charge in [0, 0.05) is 29.7 Å². The van der Waals surface area contributed by atoms with Crippen molar-refractivity contribution in [3.8, 4) is 0 Å². The van der Waals surface area contributed by atoms with Crippen molar-refractivity contribution in [2.45, 2.75) is 32.5 Å². The second-order valence-corrected chi connectivity index (χ2v) is 9.96. The molecule has 5 rings (SSSR count). The first-order valence-corrected chi connectivity index (χ1v) is 12.7. The Hall–Kier alpha value is -2.86.